The molecular weight excluding hydrogens is 266 g/mol. The topological polar surface area (TPSA) is 62.7 Å². The summed E-state index contributed by atoms with van der Waals surface area (Å²) in [5.41, 5.74) is 7.90. The van der Waals surface area contributed by atoms with Gasteiger partial charge in [-0.15, -0.1) is 0 Å². The Bertz CT molecular complexity index is 629. The largest absolute Gasteiger partial charge is 0.464 e. The van der Waals surface area contributed by atoms with Crippen LogP contribution in [-0.2, 0) is 0 Å². The van der Waals surface area contributed by atoms with E-state index in [1.54, 1.807) is 12.3 Å². The van der Waals surface area contributed by atoms with Crippen LogP contribution in [0.5, 0.6) is 0 Å². The van der Waals surface area contributed by atoms with Gasteiger partial charge in [-0.1, -0.05) is 0 Å². The maximum Gasteiger partial charge on any atom is 0.248 e. The maximum absolute atomic E-state index is 11.4. The van der Waals surface area contributed by atoms with Crippen molar-refractivity contribution in [1.82, 2.24) is 4.90 Å². The minimum atomic E-state index is -0.423. The highest BCUT2D eigenvalue weighted by molar-refractivity contribution is 5.95. The minimum absolute atomic E-state index is 0.423. The van der Waals surface area contributed by atoms with E-state index in [1.165, 1.54) is 0 Å². The van der Waals surface area contributed by atoms with Crippen molar-refractivity contribution < 1.29 is 9.21 Å². The fourth-order valence-electron chi connectivity index (χ4n) is 2.64. The Labute approximate surface area is 123 Å². The van der Waals surface area contributed by atoms with E-state index < -0.39 is 5.91 Å². The zero-order valence-corrected chi connectivity index (χ0v) is 12.1. The highest BCUT2D eigenvalue weighted by Crippen LogP contribution is 2.32. The van der Waals surface area contributed by atoms with Crippen LogP contribution in [-0.4, -0.2) is 44.0 Å². The number of furan rings is 1. The summed E-state index contributed by atoms with van der Waals surface area (Å²) in [5, 5.41) is 0. The van der Waals surface area contributed by atoms with Gasteiger partial charge in [0, 0.05) is 43.0 Å². The van der Waals surface area contributed by atoms with Crippen molar-refractivity contribution >= 4 is 11.6 Å². The van der Waals surface area contributed by atoms with Crippen LogP contribution in [0.25, 0.3) is 11.3 Å². The van der Waals surface area contributed by atoms with E-state index in [2.05, 4.69) is 16.8 Å². The average molecular weight is 285 g/mol. The Morgan fingerprint density at radius 3 is 2.57 bits per heavy atom. The second kappa shape index (κ2) is 5.61. The SMILES string of the molecule is CN1CCN(c2ccc(C(N)=O)cc2-c2ccco2)CC1. The summed E-state index contributed by atoms with van der Waals surface area (Å²) >= 11 is 0. The first-order chi connectivity index (χ1) is 10.1. The van der Waals surface area contributed by atoms with Gasteiger partial charge in [0.1, 0.15) is 5.76 Å². The lowest BCUT2D eigenvalue weighted by Crippen LogP contribution is -2.44. The molecule has 3 rings (SSSR count). The van der Waals surface area contributed by atoms with E-state index >= 15 is 0 Å². The molecule has 5 nitrogen and oxygen atoms in total. The first kappa shape index (κ1) is 13.7. The van der Waals surface area contributed by atoms with Crippen LogP contribution in [0.2, 0.25) is 0 Å². The molecule has 2 heterocycles. The molecule has 0 saturated carbocycles. The van der Waals surface area contributed by atoms with E-state index in [0.29, 0.717) is 5.56 Å². The molecule has 1 amide bonds. The number of nitrogens with two attached hydrogens (primary N) is 1. The van der Waals surface area contributed by atoms with E-state index in [9.17, 15) is 4.79 Å². The van der Waals surface area contributed by atoms with Gasteiger partial charge in [0.2, 0.25) is 5.91 Å². The highest BCUT2D eigenvalue weighted by Gasteiger charge is 2.19. The Balaban J connectivity index is 2.01. The van der Waals surface area contributed by atoms with Crippen LogP contribution < -0.4 is 10.6 Å². The lowest BCUT2D eigenvalue weighted by molar-refractivity contribution is 0.100. The lowest BCUT2D eigenvalue weighted by atomic mass is 10.0. The van der Waals surface area contributed by atoms with Crippen molar-refractivity contribution in [2.45, 2.75) is 0 Å². The van der Waals surface area contributed by atoms with Crippen LogP contribution in [0.3, 0.4) is 0 Å². The number of hydrogen-bond acceptors (Lipinski definition) is 4. The van der Waals surface area contributed by atoms with Crippen molar-refractivity contribution in [3.05, 3.63) is 42.2 Å². The average Bonchev–Trinajstić information content (AvgIpc) is 3.01. The summed E-state index contributed by atoms with van der Waals surface area (Å²) in [6, 6.07) is 9.31. The first-order valence-corrected chi connectivity index (χ1v) is 7.06. The number of rotatable bonds is 3. The molecule has 5 heteroatoms. The molecule has 1 saturated heterocycles. The molecule has 110 valence electrons. The second-order valence-electron chi connectivity index (χ2n) is 5.36. The number of carbonyl (C=O) groups is 1. The van der Waals surface area contributed by atoms with Gasteiger partial charge in [-0.25, -0.2) is 0 Å². The number of nitrogens with zero attached hydrogens (tertiary/aromatic N) is 2. The monoisotopic (exact) mass is 285 g/mol. The van der Waals surface area contributed by atoms with Gasteiger partial charge in [0.25, 0.3) is 0 Å². The van der Waals surface area contributed by atoms with E-state index in [0.717, 1.165) is 43.2 Å². The van der Waals surface area contributed by atoms with Crippen molar-refractivity contribution in [2.75, 3.05) is 38.1 Å². The Hall–Kier alpha value is -2.27. The number of likely N-dealkylation sites (N-methyl/N-ethyl adjacent to an activating group) is 1. The summed E-state index contributed by atoms with van der Waals surface area (Å²) in [6.45, 7) is 3.96. The molecule has 2 aromatic rings. The summed E-state index contributed by atoms with van der Waals surface area (Å²) in [5.74, 6) is 0.333. The summed E-state index contributed by atoms with van der Waals surface area (Å²) < 4.78 is 5.52. The fraction of sp³-hybridized carbons (Fsp3) is 0.312. The van der Waals surface area contributed by atoms with Crippen molar-refractivity contribution in [3.63, 3.8) is 0 Å². The molecule has 0 spiro atoms. The molecule has 1 fully saturated rings. The van der Waals surface area contributed by atoms with Gasteiger partial charge in [0.15, 0.2) is 0 Å². The molecule has 0 atom stereocenters. The second-order valence-corrected chi connectivity index (χ2v) is 5.36. The predicted octanol–water partition coefficient (Wildman–Crippen LogP) is 1.80. The fourth-order valence-corrected chi connectivity index (χ4v) is 2.64. The number of amides is 1. The summed E-state index contributed by atoms with van der Waals surface area (Å²) in [4.78, 5) is 16.1. The number of piperazine rings is 1. The van der Waals surface area contributed by atoms with Crippen LogP contribution >= 0.6 is 0 Å². The molecule has 1 aliphatic heterocycles. The molecule has 1 aromatic carbocycles. The Morgan fingerprint density at radius 2 is 1.95 bits per heavy atom. The molecule has 0 radical (unpaired) electrons. The Kier molecular flexibility index (Phi) is 3.66. The van der Waals surface area contributed by atoms with Gasteiger partial charge in [-0.3, -0.25) is 4.79 Å². The number of hydrogen-bond donors (Lipinski definition) is 1. The van der Waals surface area contributed by atoms with Gasteiger partial charge < -0.3 is 20.0 Å². The molecule has 0 bridgehead atoms. The molecule has 0 aliphatic carbocycles. The van der Waals surface area contributed by atoms with Crippen LogP contribution in [0.15, 0.2) is 41.0 Å². The van der Waals surface area contributed by atoms with Crippen LogP contribution in [0.1, 0.15) is 10.4 Å². The van der Waals surface area contributed by atoms with Crippen molar-refractivity contribution in [3.8, 4) is 11.3 Å². The lowest BCUT2D eigenvalue weighted by Gasteiger charge is -2.35. The van der Waals surface area contributed by atoms with Gasteiger partial charge in [-0.05, 0) is 37.4 Å². The minimum Gasteiger partial charge on any atom is -0.464 e. The molecule has 0 unspecified atom stereocenters. The van der Waals surface area contributed by atoms with Crippen LogP contribution in [0.4, 0.5) is 5.69 Å². The zero-order chi connectivity index (χ0) is 14.8. The smallest absolute Gasteiger partial charge is 0.248 e. The number of carbonyl (C=O) groups excluding carboxylic acids is 1. The molecule has 21 heavy (non-hydrogen) atoms. The van der Waals surface area contributed by atoms with E-state index in [4.69, 9.17) is 10.2 Å². The third kappa shape index (κ3) is 2.78. The quantitative estimate of drug-likeness (QED) is 0.934. The molecule has 1 aliphatic rings. The standard InChI is InChI=1S/C16H19N3O2/c1-18-6-8-19(9-7-18)14-5-4-12(16(17)20)11-13(14)15-3-2-10-21-15/h2-5,10-11H,6-9H2,1H3,(H2,17,20). The molecular formula is C16H19N3O2. The first-order valence-electron chi connectivity index (χ1n) is 7.06. The zero-order valence-electron chi connectivity index (χ0n) is 12.1. The van der Waals surface area contributed by atoms with Crippen molar-refractivity contribution in [2.24, 2.45) is 5.73 Å². The molecule has 2 N–H and O–H groups in total. The van der Waals surface area contributed by atoms with Crippen molar-refractivity contribution in [1.29, 1.82) is 0 Å². The number of benzene rings is 1. The van der Waals surface area contributed by atoms with E-state index in [1.807, 2.05) is 24.3 Å². The summed E-state index contributed by atoms with van der Waals surface area (Å²) in [7, 11) is 2.13. The van der Waals surface area contributed by atoms with E-state index in [-0.39, 0.29) is 0 Å². The number of primary amides is 1. The number of anilines is 1. The third-order valence-corrected chi connectivity index (χ3v) is 3.91. The van der Waals surface area contributed by atoms with Gasteiger partial charge >= 0.3 is 0 Å². The predicted molar refractivity (Wildman–Crippen MR) is 82.4 cm³/mol. The molecule has 1 aromatic heterocycles. The highest BCUT2D eigenvalue weighted by atomic mass is 16.3. The summed E-state index contributed by atoms with van der Waals surface area (Å²) in [6.07, 6.45) is 1.64. The van der Waals surface area contributed by atoms with Gasteiger partial charge in [0.05, 0.1) is 6.26 Å². The van der Waals surface area contributed by atoms with Gasteiger partial charge in [-0.2, -0.15) is 0 Å². The third-order valence-electron chi connectivity index (χ3n) is 3.91. The normalized spacial score (nSPS) is 16.1. The van der Waals surface area contributed by atoms with Crippen LogP contribution in [0, 0.1) is 0 Å². The Morgan fingerprint density at radius 1 is 1.19 bits per heavy atom. The maximum atomic E-state index is 11.4.